The summed E-state index contributed by atoms with van der Waals surface area (Å²) in [6.07, 6.45) is 0.116. The molecule has 0 aromatic heterocycles. The maximum atomic E-state index is 12.6. The zero-order chi connectivity index (χ0) is 19.2. The number of ether oxygens (including phenoxy) is 3. The standard InChI is InChI=1S/C18H21NO6S/c1-13-4-9-17(23-2)16(12-13)19-26(21,22)15-7-5-14(6-8-15)25-11-10-18(20)24-3/h4-9,12,19H,10-11H2,1-3H3. The first kappa shape index (κ1) is 19.6. The Morgan fingerprint density at radius 3 is 2.38 bits per heavy atom. The molecule has 0 fully saturated rings. The molecule has 0 aliphatic rings. The van der Waals surface area contributed by atoms with Crippen molar-refractivity contribution in [1.82, 2.24) is 0 Å². The zero-order valence-electron chi connectivity index (χ0n) is 14.8. The van der Waals surface area contributed by atoms with Crippen molar-refractivity contribution in [3.05, 3.63) is 48.0 Å². The summed E-state index contributed by atoms with van der Waals surface area (Å²) in [6.45, 7) is 2.01. The highest BCUT2D eigenvalue weighted by molar-refractivity contribution is 7.92. The largest absolute Gasteiger partial charge is 0.495 e. The van der Waals surface area contributed by atoms with Crippen LogP contribution in [-0.2, 0) is 19.6 Å². The fourth-order valence-corrected chi connectivity index (χ4v) is 3.24. The van der Waals surface area contributed by atoms with Gasteiger partial charge in [0.2, 0.25) is 0 Å². The number of hydrogen-bond donors (Lipinski definition) is 1. The fraction of sp³-hybridized carbons (Fsp3) is 0.278. The predicted octanol–water partition coefficient (Wildman–Crippen LogP) is 2.75. The Balaban J connectivity index is 2.10. The molecule has 26 heavy (non-hydrogen) atoms. The fourth-order valence-electron chi connectivity index (χ4n) is 2.17. The number of benzene rings is 2. The van der Waals surface area contributed by atoms with Crippen molar-refractivity contribution >= 4 is 21.7 Å². The number of rotatable bonds is 8. The second-order valence-corrected chi connectivity index (χ2v) is 7.14. The van der Waals surface area contributed by atoms with E-state index >= 15 is 0 Å². The highest BCUT2D eigenvalue weighted by Gasteiger charge is 2.17. The molecule has 0 saturated heterocycles. The minimum atomic E-state index is -3.78. The summed E-state index contributed by atoms with van der Waals surface area (Å²) in [4.78, 5) is 11.1. The van der Waals surface area contributed by atoms with Gasteiger partial charge in [-0.15, -0.1) is 0 Å². The second-order valence-electron chi connectivity index (χ2n) is 5.46. The normalized spacial score (nSPS) is 10.9. The Morgan fingerprint density at radius 1 is 1.08 bits per heavy atom. The Hall–Kier alpha value is -2.74. The summed E-state index contributed by atoms with van der Waals surface area (Å²) in [5.74, 6) is 0.517. The van der Waals surface area contributed by atoms with Crippen LogP contribution in [0.1, 0.15) is 12.0 Å². The maximum absolute atomic E-state index is 12.6. The van der Waals surface area contributed by atoms with Crippen LogP contribution in [0.15, 0.2) is 47.4 Å². The lowest BCUT2D eigenvalue weighted by Crippen LogP contribution is -2.14. The first-order valence-corrected chi connectivity index (χ1v) is 9.31. The quantitative estimate of drug-likeness (QED) is 0.709. The van der Waals surface area contributed by atoms with Gasteiger partial charge in [0, 0.05) is 0 Å². The van der Waals surface area contributed by atoms with Crippen LogP contribution in [0, 0.1) is 6.92 Å². The average molecular weight is 379 g/mol. The van der Waals surface area contributed by atoms with Crippen LogP contribution in [0.4, 0.5) is 5.69 Å². The summed E-state index contributed by atoms with van der Waals surface area (Å²) >= 11 is 0. The van der Waals surface area contributed by atoms with Crippen LogP contribution in [0.25, 0.3) is 0 Å². The Kier molecular flexibility index (Phi) is 6.46. The van der Waals surface area contributed by atoms with Gasteiger partial charge in [0.15, 0.2) is 0 Å². The van der Waals surface area contributed by atoms with Crippen LogP contribution < -0.4 is 14.2 Å². The Bertz CT molecular complexity index is 862. The molecule has 1 N–H and O–H groups in total. The molecule has 0 unspecified atom stereocenters. The summed E-state index contributed by atoms with van der Waals surface area (Å²) in [7, 11) is -0.998. The van der Waals surface area contributed by atoms with Gasteiger partial charge in [0.1, 0.15) is 11.5 Å². The first-order valence-electron chi connectivity index (χ1n) is 7.83. The highest BCUT2D eigenvalue weighted by Crippen LogP contribution is 2.28. The van der Waals surface area contributed by atoms with Crippen molar-refractivity contribution in [3.8, 4) is 11.5 Å². The third-order valence-electron chi connectivity index (χ3n) is 3.54. The van der Waals surface area contributed by atoms with Gasteiger partial charge in [-0.05, 0) is 48.9 Å². The van der Waals surface area contributed by atoms with Crippen molar-refractivity contribution < 1.29 is 27.4 Å². The molecule has 0 radical (unpaired) electrons. The molecular formula is C18H21NO6S. The predicted molar refractivity (Wildman–Crippen MR) is 97.1 cm³/mol. The van der Waals surface area contributed by atoms with Gasteiger partial charge in [-0.25, -0.2) is 8.42 Å². The average Bonchev–Trinajstić information content (AvgIpc) is 2.62. The molecule has 2 aromatic carbocycles. The third-order valence-corrected chi connectivity index (χ3v) is 4.92. The van der Waals surface area contributed by atoms with Crippen LogP contribution in [0.3, 0.4) is 0 Å². The summed E-state index contributed by atoms with van der Waals surface area (Å²) in [5, 5.41) is 0. The molecule has 0 saturated carbocycles. The van der Waals surface area contributed by atoms with E-state index in [1.165, 1.54) is 38.5 Å². The molecular weight excluding hydrogens is 358 g/mol. The number of anilines is 1. The number of nitrogens with one attached hydrogen (secondary N) is 1. The van der Waals surface area contributed by atoms with Gasteiger partial charge in [0.25, 0.3) is 10.0 Å². The van der Waals surface area contributed by atoms with Gasteiger partial charge in [-0.3, -0.25) is 9.52 Å². The van der Waals surface area contributed by atoms with Crippen molar-refractivity contribution in [2.75, 3.05) is 25.5 Å². The first-order chi connectivity index (χ1) is 12.4. The lowest BCUT2D eigenvalue weighted by molar-refractivity contribution is -0.141. The zero-order valence-corrected chi connectivity index (χ0v) is 15.6. The number of methoxy groups -OCH3 is 2. The number of aryl methyl sites for hydroxylation is 1. The van der Waals surface area contributed by atoms with E-state index in [0.29, 0.717) is 17.2 Å². The molecule has 0 bridgehead atoms. The molecule has 0 spiro atoms. The molecule has 140 valence electrons. The molecule has 0 amide bonds. The summed E-state index contributed by atoms with van der Waals surface area (Å²) in [5.41, 5.74) is 1.27. The van der Waals surface area contributed by atoms with Gasteiger partial charge >= 0.3 is 5.97 Å². The minimum absolute atomic E-state index is 0.0846. The van der Waals surface area contributed by atoms with Crippen LogP contribution >= 0.6 is 0 Å². The van der Waals surface area contributed by atoms with Crippen molar-refractivity contribution in [2.24, 2.45) is 0 Å². The summed E-state index contributed by atoms with van der Waals surface area (Å²) < 4.78 is 42.7. The molecule has 0 aliphatic carbocycles. The number of hydrogen-bond acceptors (Lipinski definition) is 6. The number of esters is 1. The molecule has 7 nitrogen and oxygen atoms in total. The maximum Gasteiger partial charge on any atom is 0.308 e. The van der Waals surface area contributed by atoms with E-state index < -0.39 is 10.0 Å². The Labute approximate surface area is 152 Å². The molecule has 2 rings (SSSR count). The van der Waals surface area contributed by atoms with E-state index in [0.717, 1.165) is 5.56 Å². The Morgan fingerprint density at radius 2 is 1.77 bits per heavy atom. The minimum Gasteiger partial charge on any atom is -0.495 e. The van der Waals surface area contributed by atoms with E-state index in [-0.39, 0.29) is 23.9 Å². The number of carbonyl (C=O) groups excluding carboxylic acids is 1. The van der Waals surface area contributed by atoms with Crippen LogP contribution in [0.2, 0.25) is 0 Å². The van der Waals surface area contributed by atoms with Gasteiger partial charge < -0.3 is 14.2 Å². The van der Waals surface area contributed by atoms with Crippen molar-refractivity contribution in [3.63, 3.8) is 0 Å². The smallest absolute Gasteiger partial charge is 0.308 e. The van der Waals surface area contributed by atoms with E-state index in [4.69, 9.17) is 9.47 Å². The van der Waals surface area contributed by atoms with E-state index in [9.17, 15) is 13.2 Å². The van der Waals surface area contributed by atoms with E-state index in [1.54, 1.807) is 12.1 Å². The SMILES string of the molecule is COC(=O)CCOc1ccc(S(=O)(=O)Nc2cc(C)ccc2OC)cc1. The molecule has 0 heterocycles. The molecule has 0 aliphatic heterocycles. The monoisotopic (exact) mass is 379 g/mol. The summed E-state index contributed by atoms with van der Waals surface area (Å²) in [6, 6.07) is 11.1. The molecule has 2 aromatic rings. The number of carbonyl (C=O) groups is 1. The second kappa shape index (κ2) is 8.57. The van der Waals surface area contributed by atoms with Crippen molar-refractivity contribution in [2.45, 2.75) is 18.2 Å². The van der Waals surface area contributed by atoms with E-state index in [2.05, 4.69) is 9.46 Å². The van der Waals surface area contributed by atoms with Crippen LogP contribution in [-0.4, -0.2) is 35.2 Å². The lowest BCUT2D eigenvalue weighted by atomic mass is 10.2. The van der Waals surface area contributed by atoms with Gasteiger partial charge in [-0.2, -0.15) is 0 Å². The van der Waals surface area contributed by atoms with Crippen LogP contribution in [0.5, 0.6) is 11.5 Å². The molecule has 8 heteroatoms. The van der Waals surface area contributed by atoms with Gasteiger partial charge in [0.05, 0.1) is 37.8 Å². The highest BCUT2D eigenvalue weighted by atomic mass is 32.2. The third kappa shape index (κ3) is 5.13. The number of sulfonamides is 1. The molecule has 0 atom stereocenters. The van der Waals surface area contributed by atoms with Crippen molar-refractivity contribution in [1.29, 1.82) is 0 Å². The lowest BCUT2D eigenvalue weighted by Gasteiger charge is -2.13. The van der Waals surface area contributed by atoms with Gasteiger partial charge in [-0.1, -0.05) is 6.07 Å². The van der Waals surface area contributed by atoms with E-state index in [1.807, 2.05) is 13.0 Å². The topological polar surface area (TPSA) is 90.9 Å².